The van der Waals surface area contributed by atoms with Crippen molar-refractivity contribution < 1.29 is 4.79 Å². The average molecular weight is 364 g/mol. The summed E-state index contributed by atoms with van der Waals surface area (Å²) in [5.74, 6) is 0.640. The predicted molar refractivity (Wildman–Crippen MR) is 87.7 cm³/mol. The second kappa shape index (κ2) is 6.33. The molecule has 2 rings (SSSR count). The maximum atomic E-state index is 12.4. The molecule has 0 heterocycles. The summed E-state index contributed by atoms with van der Waals surface area (Å²) in [6.45, 7) is 4.38. The topological polar surface area (TPSA) is 17.1 Å². The van der Waals surface area contributed by atoms with Gasteiger partial charge in [0.1, 0.15) is 0 Å². The van der Waals surface area contributed by atoms with Gasteiger partial charge in [0.2, 0.25) is 0 Å². The van der Waals surface area contributed by atoms with E-state index in [1.54, 1.807) is 0 Å². The Morgan fingerprint density at radius 2 is 1.74 bits per heavy atom. The zero-order valence-corrected chi connectivity index (χ0v) is 13.3. The van der Waals surface area contributed by atoms with Gasteiger partial charge < -0.3 is 0 Å². The van der Waals surface area contributed by atoms with Gasteiger partial charge in [0.05, 0.1) is 0 Å². The van der Waals surface area contributed by atoms with Crippen molar-refractivity contribution in [3.63, 3.8) is 0 Å². The highest BCUT2D eigenvalue weighted by molar-refractivity contribution is 14.1. The molecule has 0 saturated carbocycles. The highest BCUT2D eigenvalue weighted by Gasteiger charge is 2.12. The van der Waals surface area contributed by atoms with Crippen LogP contribution in [0.3, 0.4) is 0 Å². The number of halogens is 1. The van der Waals surface area contributed by atoms with Gasteiger partial charge in [0, 0.05) is 14.7 Å². The summed E-state index contributed by atoms with van der Waals surface area (Å²) in [6.07, 6.45) is 1.11. The van der Waals surface area contributed by atoms with E-state index in [0.717, 1.165) is 21.1 Å². The van der Waals surface area contributed by atoms with E-state index in [1.165, 1.54) is 5.56 Å². The fraction of sp³-hybridized carbons (Fsp3) is 0.235. The molecule has 2 aromatic carbocycles. The smallest absolute Gasteiger partial charge is 0.194 e. The van der Waals surface area contributed by atoms with Gasteiger partial charge in [-0.15, -0.1) is 0 Å². The third-order valence-corrected chi connectivity index (χ3v) is 4.41. The third-order valence-electron chi connectivity index (χ3n) is 3.47. The molecule has 0 aliphatic carbocycles. The Bertz CT molecular complexity index is 572. The summed E-state index contributed by atoms with van der Waals surface area (Å²) in [5, 5.41) is 0. The molecule has 1 nitrogen and oxygen atoms in total. The zero-order chi connectivity index (χ0) is 13.8. The molecule has 98 valence electrons. The number of carbonyl (C=O) groups excluding carboxylic acids is 1. The van der Waals surface area contributed by atoms with Gasteiger partial charge in [-0.1, -0.05) is 50.2 Å². The van der Waals surface area contributed by atoms with E-state index in [1.807, 2.05) is 36.4 Å². The Kier molecular flexibility index (Phi) is 4.75. The summed E-state index contributed by atoms with van der Waals surface area (Å²) < 4.78 is 0.996. The van der Waals surface area contributed by atoms with Crippen LogP contribution in [0.25, 0.3) is 0 Å². The van der Waals surface area contributed by atoms with Crippen molar-refractivity contribution in [1.29, 1.82) is 0 Å². The van der Waals surface area contributed by atoms with Gasteiger partial charge >= 0.3 is 0 Å². The van der Waals surface area contributed by atoms with E-state index in [9.17, 15) is 4.79 Å². The quantitative estimate of drug-likeness (QED) is 0.549. The van der Waals surface area contributed by atoms with Crippen LogP contribution in [0.5, 0.6) is 0 Å². The van der Waals surface area contributed by atoms with Gasteiger partial charge in [-0.2, -0.15) is 0 Å². The maximum absolute atomic E-state index is 12.4. The van der Waals surface area contributed by atoms with Gasteiger partial charge in [-0.05, 0) is 52.6 Å². The maximum Gasteiger partial charge on any atom is 0.194 e. The monoisotopic (exact) mass is 364 g/mol. The molecular weight excluding hydrogens is 347 g/mol. The van der Waals surface area contributed by atoms with E-state index in [0.29, 0.717) is 5.92 Å². The van der Waals surface area contributed by atoms with Crippen LogP contribution in [0.1, 0.15) is 47.7 Å². The Morgan fingerprint density at radius 3 is 2.32 bits per heavy atom. The van der Waals surface area contributed by atoms with E-state index in [-0.39, 0.29) is 5.78 Å². The van der Waals surface area contributed by atoms with Gasteiger partial charge in [-0.3, -0.25) is 4.79 Å². The van der Waals surface area contributed by atoms with Crippen LogP contribution < -0.4 is 0 Å². The molecule has 0 aromatic heterocycles. The molecule has 0 bridgehead atoms. The third kappa shape index (κ3) is 3.24. The Morgan fingerprint density at radius 1 is 1.11 bits per heavy atom. The molecule has 19 heavy (non-hydrogen) atoms. The molecule has 0 fully saturated rings. The predicted octanol–water partition coefficient (Wildman–Crippen LogP) is 5.04. The minimum atomic E-state index is 0.0979. The summed E-state index contributed by atoms with van der Waals surface area (Å²) in [7, 11) is 0. The molecule has 1 atom stereocenters. The first-order valence-electron chi connectivity index (χ1n) is 6.52. The van der Waals surface area contributed by atoms with Crippen LogP contribution in [0.2, 0.25) is 0 Å². The molecule has 1 unspecified atom stereocenters. The molecule has 0 aliphatic rings. The van der Waals surface area contributed by atoms with Gasteiger partial charge in [0.25, 0.3) is 0 Å². The Balaban J connectivity index is 2.28. The number of hydrogen-bond acceptors (Lipinski definition) is 1. The van der Waals surface area contributed by atoms with Crippen molar-refractivity contribution in [2.45, 2.75) is 26.2 Å². The van der Waals surface area contributed by atoms with Crippen molar-refractivity contribution in [3.05, 3.63) is 68.8 Å². The largest absolute Gasteiger partial charge is 0.289 e. The van der Waals surface area contributed by atoms with Crippen LogP contribution in [0.15, 0.2) is 48.5 Å². The lowest BCUT2D eigenvalue weighted by molar-refractivity contribution is 0.103. The van der Waals surface area contributed by atoms with Gasteiger partial charge in [-0.25, -0.2) is 0 Å². The van der Waals surface area contributed by atoms with Crippen molar-refractivity contribution >= 4 is 28.4 Å². The first-order valence-corrected chi connectivity index (χ1v) is 7.60. The lowest BCUT2D eigenvalue weighted by Crippen LogP contribution is -2.04. The summed E-state index contributed by atoms with van der Waals surface area (Å²) in [6, 6.07) is 15.7. The van der Waals surface area contributed by atoms with E-state index >= 15 is 0 Å². The van der Waals surface area contributed by atoms with E-state index < -0.39 is 0 Å². The SMILES string of the molecule is CCC(C)c1ccc(C(=O)c2ccccc2I)cc1. The molecule has 0 radical (unpaired) electrons. The Hall–Kier alpha value is -1.16. The fourth-order valence-corrected chi connectivity index (χ4v) is 2.63. The Labute approximate surface area is 128 Å². The zero-order valence-electron chi connectivity index (χ0n) is 11.2. The van der Waals surface area contributed by atoms with E-state index in [2.05, 4.69) is 48.6 Å². The number of hydrogen-bond donors (Lipinski definition) is 0. The second-order valence-electron chi connectivity index (χ2n) is 4.74. The molecule has 0 saturated heterocycles. The summed E-state index contributed by atoms with van der Waals surface area (Å²) >= 11 is 2.20. The van der Waals surface area contributed by atoms with Crippen LogP contribution in [0.4, 0.5) is 0 Å². The van der Waals surface area contributed by atoms with Crippen LogP contribution in [0, 0.1) is 3.57 Å². The number of rotatable bonds is 4. The molecule has 0 aliphatic heterocycles. The van der Waals surface area contributed by atoms with Gasteiger partial charge in [0.15, 0.2) is 5.78 Å². The minimum absolute atomic E-state index is 0.0979. The highest BCUT2D eigenvalue weighted by Crippen LogP contribution is 2.21. The minimum Gasteiger partial charge on any atom is -0.289 e. The lowest BCUT2D eigenvalue weighted by Gasteiger charge is -2.09. The molecule has 2 heteroatoms. The first-order chi connectivity index (χ1) is 9.13. The lowest BCUT2D eigenvalue weighted by atomic mass is 9.95. The number of ketones is 1. The molecular formula is C17H17IO. The molecule has 0 N–H and O–H groups in total. The number of benzene rings is 2. The summed E-state index contributed by atoms with van der Waals surface area (Å²) in [5.41, 5.74) is 2.83. The normalized spacial score (nSPS) is 12.2. The van der Waals surface area contributed by atoms with Crippen LogP contribution >= 0.6 is 22.6 Å². The highest BCUT2D eigenvalue weighted by atomic mass is 127. The molecule has 2 aromatic rings. The molecule has 0 amide bonds. The first kappa shape index (κ1) is 14.3. The fourth-order valence-electron chi connectivity index (χ4n) is 2.00. The number of carbonyl (C=O) groups is 1. The van der Waals surface area contributed by atoms with Crippen molar-refractivity contribution in [3.8, 4) is 0 Å². The van der Waals surface area contributed by atoms with E-state index in [4.69, 9.17) is 0 Å². The van der Waals surface area contributed by atoms with Crippen molar-refractivity contribution in [2.24, 2.45) is 0 Å². The second-order valence-corrected chi connectivity index (χ2v) is 5.90. The van der Waals surface area contributed by atoms with Crippen molar-refractivity contribution in [1.82, 2.24) is 0 Å². The molecule has 0 spiro atoms. The van der Waals surface area contributed by atoms with Crippen LogP contribution in [-0.2, 0) is 0 Å². The van der Waals surface area contributed by atoms with Crippen molar-refractivity contribution in [2.75, 3.05) is 0 Å². The van der Waals surface area contributed by atoms with Crippen LogP contribution in [-0.4, -0.2) is 5.78 Å². The standard InChI is InChI=1S/C17H17IO/c1-3-12(2)13-8-10-14(11-9-13)17(19)15-6-4-5-7-16(15)18/h4-12H,3H2,1-2H3. The average Bonchev–Trinajstić information content (AvgIpc) is 2.46. The summed E-state index contributed by atoms with van der Waals surface area (Å²) in [4.78, 5) is 12.4.